The van der Waals surface area contributed by atoms with E-state index < -0.39 is 19.3 Å². The molecule has 0 heterocycles. The largest absolute Gasteiger partial charge is 1.00 e. The van der Waals surface area contributed by atoms with Gasteiger partial charge in [0, 0.05) is 5.02 Å². The topological polar surface area (TPSA) is 0 Å². The third kappa shape index (κ3) is 5.66. The van der Waals surface area contributed by atoms with Gasteiger partial charge in [0.05, 0.1) is 0 Å². The SMILES string of the molecule is [Cl-].[Cl][Mg][c]1ccc(Cl)cc1.[Li+]. The van der Waals surface area contributed by atoms with E-state index in [-0.39, 0.29) is 31.3 Å². The van der Waals surface area contributed by atoms with E-state index in [0.717, 1.165) is 5.02 Å². The molecule has 0 saturated carbocycles. The van der Waals surface area contributed by atoms with Crippen LogP contribution in [-0.4, -0.2) is 19.3 Å². The van der Waals surface area contributed by atoms with Crippen molar-refractivity contribution in [1.82, 2.24) is 0 Å². The van der Waals surface area contributed by atoms with Gasteiger partial charge < -0.3 is 21.5 Å². The molecule has 1 rings (SSSR count). The maximum Gasteiger partial charge on any atom is 1.00 e. The second-order valence-corrected chi connectivity index (χ2v) is 4.08. The van der Waals surface area contributed by atoms with Gasteiger partial charge in [-0.2, -0.15) is 0 Å². The van der Waals surface area contributed by atoms with Crippen molar-refractivity contribution in [2.24, 2.45) is 0 Å². The standard InChI is InChI=1S/C6H4Cl.2ClH.Li.Mg/c7-6-4-2-1-3-5-6;;;;/h2-5H;2*1H;;/q;;;2*+1/p-2. The van der Waals surface area contributed by atoms with Crippen LogP contribution in [0.1, 0.15) is 0 Å². The van der Waals surface area contributed by atoms with E-state index >= 15 is 0 Å². The van der Waals surface area contributed by atoms with E-state index in [1.165, 1.54) is 3.69 Å². The van der Waals surface area contributed by atoms with Gasteiger partial charge in [0.25, 0.3) is 0 Å². The Balaban J connectivity index is 0. The van der Waals surface area contributed by atoms with Crippen LogP contribution < -0.4 is 35.0 Å². The summed E-state index contributed by atoms with van der Waals surface area (Å²) in [6.45, 7) is 0. The zero-order valence-corrected chi connectivity index (χ0v) is 9.83. The molecule has 1 aromatic rings. The molecule has 0 N–H and O–H groups in total. The Labute approximate surface area is 103 Å². The molecule has 0 unspecified atom stereocenters. The number of hydrogen-bond donors (Lipinski definition) is 0. The maximum absolute atomic E-state index is 5.68. The smallest absolute Gasteiger partial charge is 1.00 e. The Kier molecular flexibility index (Phi) is 11.0. The fourth-order valence-electron chi connectivity index (χ4n) is 0.573. The number of hydrogen-bond acceptors (Lipinski definition) is 0. The van der Waals surface area contributed by atoms with Crippen molar-refractivity contribution in [3.8, 4) is 0 Å². The van der Waals surface area contributed by atoms with Crippen LogP contribution in [0.5, 0.6) is 0 Å². The summed E-state index contributed by atoms with van der Waals surface area (Å²) < 4.78 is 1.24. The Morgan fingerprint density at radius 2 is 1.55 bits per heavy atom. The van der Waals surface area contributed by atoms with Crippen LogP contribution in [0.3, 0.4) is 0 Å². The number of benzene rings is 1. The van der Waals surface area contributed by atoms with Crippen LogP contribution >= 0.6 is 20.7 Å². The van der Waals surface area contributed by atoms with Gasteiger partial charge in [0.2, 0.25) is 0 Å². The monoisotopic (exact) mass is 212 g/mol. The Hall–Kier alpha value is 1.45. The molecule has 0 atom stereocenters. The van der Waals surface area contributed by atoms with Crippen LogP contribution in [0.25, 0.3) is 0 Å². The fourth-order valence-corrected chi connectivity index (χ4v) is 1.65. The third-order valence-corrected chi connectivity index (χ3v) is 3.03. The molecule has 0 nitrogen and oxygen atoms in total. The second-order valence-electron chi connectivity index (χ2n) is 1.76. The average molecular weight is 214 g/mol. The van der Waals surface area contributed by atoms with Crippen molar-refractivity contribution in [3.05, 3.63) is 29.3 Å². The Morgan fingerprint density at radius 1 is 1.09 bits per heavy atom. The Bertz CT molecular complexity index is 190. The molecule has 0 radical (unpaired) electrons. The predicted octanol–water partition coefficient (Wildman–Crippen LogP) is -4.17. The average Bonchev–Trinajstić information content (AvgIpc) is 1.90. The molecule has 5 heteroatoms. The molecular formula is C6H4Cl3LiMg. The first-order valence-corrected chi connectivity index (χ1v) is 5.85. The molecule has 0 fully saturated rings. The number of halogens is 3. The molecule has 0 aliphatic heterocycles. The molecule has 0 amide bonds. The summed E-state index contributed by atoms with van der Waals surface area (Å²) >= 11 is 5.13. The maximum atomic E-state index is 5.68. The first kappa shape index (κ1) is 15.0. The molecule has 52 valence electrons. The molecule has 11 heavy (non-hydrogen) atoms. The van der Waals surface area contributed by atoms with Gasteiger partial charge in [0.15, 0.2) is 0 Å². The molecule has 0 aliphatic carbocycles. The van der Waals surface area contributed by atoms with E-state index in [1.54, 1.807) is 0 Å². The summed E-state index contributed by atoms with van der Waals surface area (Å²) in [7, 11) is 5.68. The van der Waals surface area contributed by atoms with Crippen LogP contribution in [0.2, 0.25) is 5.02 Å². The van der Waals surface area contributed by atoms with Gasteiger partial charge in [0.1, 0.15) is 0 Å². The van der Waals surface area contributed by atoms with E-state index in [1.807, 2.05) is 24.3 Å². The van der Waals surface area contributed by atoms with Crippen molar-refractivity contribution in [2.75, 3.05) is 0 Å². The minimum atomic E-state index is -0.511. The van der Waals surface area contributed by atoms with Gasteiger partial charge in [-0.1, -0.05) is 23.7 Å². The molecule has 0 aliphatic rings. The van der Waals surface area contributed by atoms with Gasteiger partial charge >= 0.3 is 38.1 Å². The van der Waals surface area contributed by atoms with Crippen molar-refractivity contribution >= 4 is 43.6 Å². The fraction of sp³-hybridized carbons (Fsp3) is 0. The molecule has 1 aromatic carbocycles. The molecule has 0 bridgehead atoms. The second kappa shape index (κ2) is 8.07. The summed E-state index contributed by atoms with van der Waals surface area (Å²) in [5.41, 5.74) is 0. The first-order valence-electron chi connectivity index (χ1n) is 2.63. The van der Waals surface area contributed by atoms with Crippen molar-refractivity contribution in [2.45, 2.75) is 0 Å². The molecule has 0 aromatic heterocycles. The molecular weight excluding hydrogens is 210 g/mol. The van der Waals surface area contributed by atoms with Gasteiger partial charge in [-0.15, -0.1) is 3.69 Å². The quantitative estimate of drug-likeness (QED) is 0.416. The third-order valence-electron chi connectivity index (χ3n) is 1.07. The zero-order chi connectivity index (χ0) is 6.69. The van der Waals surface area contributed by atoms with E-state index in [9.17, 15) is 0 Å². The minimum Gasteiger partial charge on any atom is -1.00 e. The van der Waals surface area contributed by atoms with E-state index in [0.29, 0.717) is 0 Å². The van der Waals surface area contributed by atoms with E-state index in [2.05, 4.69) is 0 Å². The van der Waals surface area contributed by atoms with Crippen LogP contribution in [0.15, 0.2) is 24.3 Å². The van der Waals surface area contributed by atoms with E-state index in [4.69, 9.17) is 20.7 Å². The summed E-state index contributed by atoms with van der Waals surface area (Å²) in [4.78, 5) is 0. The zero-order valence-electron chi connectivity index (χ0n) is 6.15. The minimum absolute atomic E-state index is 0. The van der Waals surface area contributed by atoms with Crippen molar-refractivity contribution < 1.29 is 31.3 Å². The summed E-state index contributed by atoms with van der Waals surface area (Å²) in [5.74, 6) is 0. The summed E-state index contributed by atoms with van der Waals surface area (Å²) in [6.07, 6.45) is 0. The van der Waals surface area contributed by atoms with Crippen molar-refractivity contribution in [1.29, 1.82) is 0 Å². The number of rotatable bonds is 1. The van der Waals surface area contributed by atoms with Crippen LogP contribution in [0, 0.1) is 0 Å². The normalized spacial score (nSPS) is 7.09. The van der Waals surface area contributed by atoms with Gasteiger partial charge in [-0.25, -0.2) is 0 Å². The Morgan fingerprint density at radius 3 is 1.91 bits per heavy atom. The van der Waals surface area contributed by atoms with Gasteiger partial charge in [-0.3, -0.25) is 0 Å². The predicted molar refractivity (Wildman–Crippen MR) is 42.7 cm³/mol. The molecule has 0 saturated heterocycles. The summed E-state index contributed by atoms with van der Waals surface area (Å²) in [6, 6.07) is 7.68. The summed E-state index contributed by atoms with van der Waals surface area (Å²) in [5, 5.41) is 0.776. The first-order chi connectivity index (χ1) is 4.33. The van der Waals surface area contributed by atoms with Crippen LogP contribution in [-0.2, 0) is 0 Å². The molecule has 0 spiro atoms. The van der Waals surface area contributed by atoms with Crippen LogP contribution in [0.4, 0.5) is 0 Å². The van der Waals surface area contributed by atoms with Gasteiger partial charge in [-0.05, 0) is 12.1 Å². The van der Waals surface area contributed by atoms with Crippen molar-refractivity contribution in [3.63, 3.8) is 0 Å².